The molecule has 3 nitrogen and oxygen atoms in total. The topological polar surface area (TPSA) is 38.3 Å². The lowest BCUT2D eigenvalue weighted by Gasteiger charge is -2.25. The smallest absolute Gasteiger partial charge is 0.216 e. The number of hydrogen-bond acceptors (Lipinski definition) is 2. The Morgan fingerprint density at radius 2 is 2.27 bits per heavy atom. The third-order valence-corrected chi connectivity index (χ3v) is 1.95. The molecule has 0 aromatic carbocycles. The molecule has 0 aliphatic carbocycles. The van der Waals surface area contributed by atoms with Crippen LogP contribution in [0.4, 0.5) is 0 Å². The predicted octanol–water partition coefficient (Wildman–Crippen LogP) is -0.0303. The number of nitrogens with one attached hydrogen (secondary N) is 1. The molecule has 0 saturated carbocycles. The van der Waals surface area contributed by atoms with E-state index in [0.29, 0.717) is 6.54 Å². The van der Waals surface area contributed by atoms with Crippen molar-refractivity contribution in [3.63, 3.8) is 0 Å². The molecule has 0 bridgehead atoms. The summed E-state index contributed by atoms with van der Waals surface area (Å²) in [6, 6.07) is 0. The van der Waals surface area contributed by atoms with E-state index in [0.717, 1.165) is 7.28 Å². The molecule has 0 heterocycles. The number of amides is 1. The van der Waals surface area contributed by atoms with Crippen LogP contribution in [0.15, 0.2) is 0 Å². The van der Waals surface area contributed by atoms with Gasteiger partial charge in [0.15, 0.2) is 7.28 Å². The molecule has 0 saturated heterocycles. The van der Waals surface area contributed by atoms with Crippen LogP contribution in [0.25, 0.3) is 0 Å². The SMILES string of the molecule is CBC(C)(CNC(C)=O)OC. The van der Waals surface area contributed by atoms with Crippen LogP contribution in [-0.2, 0) is 9.53 Å². The van der Waals surface area contributed by atoms with Crippen LogP contribution in [0.5, 0.6) is 0 Å². The highest BCUT2D eigenvalue weighted by atomic mass is 16.5. The van der Waals surface area contributed by atoms with Crippen molar-refractivity contribution in [1.29, 1.82) is 0 Å². The lowest BCUT2D eigenvalue weighted by atomic mass is 9.63. The number of carbonyl (C=O) groups is 1. The highest BCUT2D eigenvalue weighted by Crippen LogP contribution is 2.04. The molecule has 1 N–H and O–H groups in total. The summed E-state index contributed by atoms with van der Waals surface area (Å²) in [6.07, 6.45) is 0. The van der Waals surface area contributed by atoms with E-state index in [9.17, 15) is 4.79 Å². The third kappa shape index (κ3) is 4.04. The van der Waals surface area contributed by atoms with Crippen molar-refractivity contribution < 1.29 is 9.53 Å². The monoisotopic (exact) mass is 157 g/mol. The molecule has 0 spiro atoms. The van der Waals surface area contributed by atoms with Crippen molar-refractivity contribution in [3.05, 3.63) is 0 Å². The van der Waals surface area contributed by atoms with Crippen LogP contribution < -0.4 is 5.32 Å². The molecule has 0 aromatic rings. The van der Waals surface area contributed by atoms with Gasteiger partial charge in [-0.05, 0) is 6.92 Å². The third-order valence-electron chi connectivity index (χ3n) is 1.95. The maximum atomic E-state index is 10.6. The van der Waals surface area contributed by atoms with Gasteiger partial charge in [0, 0.05) is 20.6 Å². The zero-order valence-electron chi connectivity index (χ0n) is 7.73. The van der Waals surface area contributed by atoms with Crippen LogP contribution in [-0.4, -0.2) is 32.3 Å². The van der Waals surface area contributed by atoms with Gasteiger partial charge in [-0.2, -0.15) is 0 Å². The molecule has 1 amide bonds. The van der Waals surface area contributed by atoms with E-state index in [4.69, 9.17) is 4.74 Å². The van der Waals surface area contributed by atoms with Crippen molar-refractivity contribution in [3.8, 4) is 0 Å². The highest BCUT2D eigenvalue weighted by Gasteiger charge is 2.21. The fourth-order valence-corrected chi connectivity index (χ4v) is 0.653. The Hall–Kier alpha value is -0.505. The van der Waals surface area contributed by atoms with Gasteiger partial charge in [-0.25, -0.2) is 0 Å². The Bertz CT molecular complexity index is 134. The van der Waals surface area contributed by atoms with Crippen molar-refractivity contribution in [2.45, 2.75) is 26.2 Å². The van der Waals surface area contributed by atoms with Crippen LogP contribution in [0, 0.1) is 0 Å². The minimum absolute atomic E-state index is 0.0123. The van der Waals surface area contributed by atoms with Gasteiger partial charge >= 0.3 is 0 Å². The summed E-state index contributed by atoms with van der Waals surface area (Å²) in [6.45, 7) is 6.09. The minimum Gasteiger partial charge on any atom is -0.385 e. The standard InChI is InChI=1S/C7H16BNO2/c1-6(10)9-5-7(2,8-3)11-4/h8H,5H2,1-4H3,(H,9,10). The summed E-state index contributed by atoms with van der Waals surface area (Å²) >= 11 is 0. The molecule has 0 aliphatic heterocycles. The Balaban J connectivity index is 3.78. The molecule has 0 rings (SSSR count). The summed E-state index contributed by atoms with van der Waals surface area (Å²) in [5.74, 6) is -0.0123. The molecular formula is C7H16BNO2. The van der Waals surface area contributed by atoms with Gasteiger partial charge < -0.3 is 10.1 Å². The van der Waals surface area contributed by atoms with Crippen LogP contribution in [0.3, 0.4) is 0 Å². The largest absolute Gasteiger partial charge is 0.385 e. The summed E-state index contributed by atoms with van der Waals surface area (Å²) in [4.78, 5) is 10.6. The predicted molar refractivity (Wildman–Crippen MR) is 47.1 cm³/mol. The number of ether oxygens (including phenoxy) is 1. The first-order valence-electron chi connectivity index (χ1n) is 3.83. The Morgan fingerprint density at radius 3 is 2.55 bits per heavy atom. The van der Waals surface area contributed by atoms with Gasteiger partial charge in [0.25, 0.3) is 0 Å². The van der Waals surface area contributed by atoms with Crippen LogP contribution >= 0.6 is 0 Å². The Kier molecular flexibility index (Phi) is 4.19. The van der Waals surface area contributed by atoms with Gasteiger partial charge in [0.2, 0.25) is 5.91 Å². The molecule has 1 unspecified atom stereocenters. The summed E-state index contributed by atoms with van der Waals surface area (Å²) < 4.78 is 5.22. The molecule has 0 aromatic heterocycles. The minimum atomic E-state index is -0.217. The molecule has 0 aliphatic rings. The number of rotatable bonds is 4. The second-order valence-electron chi connectivity index (χ2n) is 2.92. The number of methoxy groups -OCH3 is 1. The first-order valence-corrected chi connectivity index (χ1v) is 3.83. The van der Waals surface area contributed by atoms with Crippen molar-refractivity contribution in [2.24, 2.45) is 0 Å². The highest BCUT2D eigenvalue weighted by molar-refractivity contribution is 6.37. The maximum absolute atomic E-state index is 10.6. The van der Waals surface area contributed by atoms with Crippen molar-refractivity contribution in [2.75, 3.05) is 13.7 Å². The second-order valence-corrected chi connectivity index (χ2v) is 2.92. The van der Waals surface area contributed by atoms with E-state index in [1.807, 2.05) is 13.7 Å². The van der Waals surface area contributed by atoms with E-state index < -0.39 is 0 Å². The fourth-order valence-electron chi connectivity index (χ4n) is 0.653. The van der Waals surface area contributed by atoms with Gasteiger partial charge in [-0.15, -0.1) is 0 Å². The molecule has 0 fully saturated rings. The quantitative estimate of drug-likeness (QED) is 0.582. The van der Waals surface area contributed by atoms with Gasteiger partial charge in [-0.3, -0.25) is 4.79 Å². The molecule has 64 valence electrons. The zero-order chi connectivity index (χ0) is 8.91. The van der Waals surface area contributed by atoms with Gasteiger partial charge in [0.05, 0.1) is 5.50 Å². The Morgan fingerprint density at radius 1 is 1.73 bits per heavy atom. The van der Waals surface area contributed by atoms with E-state index in [1.165, 1.54) is 6.92 Å². The molecule has 1 atom stereocenters. The normalized spacial score (nSPS) is 15.3. The van der Waals surface area contributed by atoms with Crippen molar-refractivity contribution >= 4 is 13.2 Å². The van der Waals surface area contributed by atoms with E-state index in [-0.39, 0.29) is 11.4 Å². The Labute approximate surface area is 68.7 Å². The zero-order valence-corrected chi connectivity index (χ0v) is 7.73. The van der Waals surface area contributed by atoms with E-state index >= 15 is 0 Å². The first-order chi connectivity index (χ1) is 5.04. The fraction of sp³-hybridized carbons (Fsp3) is 0.857. The average molecular weight is 157 g/mol. The molecule has 0 radical (unpaired) electrons. The lowest BCUT2D eigenvalue weighted by Crippen LogP contribution is -2.45. The summed E-state index contributed by atoms with van der Waals surface area (Å²) in [7, 11) is 2.55. The van der Waals surface area contributed by atoms with Gasteiger partial charge in [0.1, 0.15) is 0 Å². The second kappa shape index (κ2) is 4.39. The number of hydrogen-bond donors (Lipinski definition) is 1. The van der Waals surface area contributed by atoms with Crippen molar-refractivity contribution in [1.82, 2.24) is 5.32 Å². The number of carbonyl (C=O) groups excluding carboxylic acids is 1. The van der Waals surface area contributed by atoms with E-state index in [2.05, 4.69) is 5.32 Å². The van der Waals surface area contributed by atoms with Gasteiger partial charge in [-0.1, -0.05) is 6.82 Å². The molecule has 11 heavy (non-hydrogen) atoms. The van der Waals surface area contributed by atoms with Crippen LogP contribution in [0.2, 0.25) is 6.82 Å². The molecule has 4 heteroatoms. The molecular weight excluding hydrogens is 141 g/mol. The lowest BCUT2D eigenvalue weighted by molar-refractivity contribution is -0.119. The average Bonchev–Trinajstić information content (AvgIpc) is 2.00. The summed E-state index contributed by atoms with van der Waals surface area (Å²) in [5, 5.41) is 2.72. The van der Waals surface area contributed by atoms with E-state index in [1.54, 1.807) is 7.11 Å². The summed E-state index contributed by atoms with van der Waals surface area (Å²) in [5.41, 5.74) is -0.217. The maximum Gasteiger partial charge on any atom is 0.216 e. The first kappa shape index (κ1) is 10.5. The van der Waals surface area contributed by atoms with Crippen LogP contribution in [0.1, 0.15) is 13.8 Å².